The Hall–Kier alpha value is -0.830. The molecule has 8 heteroatoms. The second kappa shape index (κ2) is 6.74. The van der Waals surface area contributed by atoms with Crippen LogP contribution in [0.15, 0.2) is 6.20 Å². The summed E-state index contributed by atoms with van der Waals surface area (Å²) in [6.07, 6.45) is 1.44. The summed E-state index contributed by atoms with van der Waals surface area (Å²) in [6.45, 7) is 9.58. The van der Waals surface area contributed by atoms with Gasteiger partial charge in [0.1, 0.15) is 11.4 Å². The largest absolute Gasteiger partial charge is 0.444 e. The molecule has 1 fully saturated rings. The number of ether oxygens (including phenoxy) is 1. The summed E-state index contributed by atoms with van der Waals surface area (Å²) in [5, 5.41) is 0.234. The van der Waals surface area contributed by atoms with Crippen LogP contribution in [0.3, 0.4) is 0 Å². The number of piperazine rings is 1. The lowest BCUT2D eigenvalue weighted by molar-refractivity contribution is 0.0158. The number of rotatable bonds is 1. The summed E-state index contributed by atoms with van der Waals surface area (Å²) in [5.41, 5.74) is -0.483. The number of hydrogen-bond acceptors (Lipinski definition) is 5. The molecule has 1 aliphatic rings. The van der Waals surface area contributed by atoms with Crippen molar-refractivity contribution in [3.63, 3.8) is 0 Å². The quantitative estimate of drug-likeness (QED) is 0.498. The van der Waals surface area contributed by atoms with Crippen molar-refractivity contribution in [2.75, 3.05) is 24.5 Å². The van der Waals surface area contributed by atoms with Gasteiger partial charge in [0.05, 0.1) is 3.57 Å². The molecule has 22 heavy (non-hydrogen) atoms. The van der Waals surface area contributed by atoms with E-state index in [2.05, 4.69) is 37.5 Å². The van der Waals surface area contributed by atoms with Crippen LogP contribution in [0.5, 0.6) is 0 Å². The zero-order valence-corrected chi connectivity index (χ0v) is 16.1. The Bertz CT molecular complexity index is 564. The summed E-state index contributed by atoms with van der Waals surface area (Å²) in [7, 11) is 0. The van der Waals surface area contributed by atoms with Crippen LogP contribution in [0.2, 0.25) is 5.28 Å². The number of amides is 1. The molecular weight excluding hydrogens is 419 g/mol. The summed E-state index contributed by atoms with van der Waals surface area (Å²) in [4.78, 5) is 24.4. The summed E-state index contributed by atoms with van der Waals surface area (Å²) < 4.78 is 6.40. The number of hydrogen-bond donors (Lipinski definition) is 0. The van der Waals surface area contributed by atoms with E-state index in [4.69, 9.17) is 16.3 Å². The van der Waals surface area contributed by atoms with Crippen LogP contribution in [0, 0.1) is 3.57 Å². The van der Waals surface area contributed by atoms with Crippen LogP contribution in [0.25, 0.3) is 0 Å². The molecule has 1 saturated heterocycles. The monoisotopic (exact) mass is 438 g/mol. The molecular formula is C14H20ClIN4O2. The van der Waals surface area contributed by atoms with E-state index in [-0.39, 0.29) is 17.4 Å². The molecule has 0 unspecified atom stereocenters. The van der Waals surface area contributed by atoms with Crippen LogP contribution < -0.4 is 4.90 Å². The smallest absolute Gasteiger partial charge is 0.410 e. The van der Waals surface area contributed by atoms with Gasteiger partial charge in [-0.05, 0) is 61.9 Å². The highest BCUT2D eigenvalue weighted by molar-refractivity contribution is 14.1. The van der Waals surface area contributed by atoms with Gasteiger partial charge >= 0.3 is 6.09 Å². The SMILES string of the molecule is C[C@@H]1CN(c2nc(Cl)ncc2I)CCN1C(=O)OC(C)(C)C. The molecule has 0 radical (unpaired) electrons. The molecule has 0 N–H and O–H groups in total. The maximum absolute atomic E-state index is 12.2. The van der Waals surface area contributed by atoms with E-state index in [1.165, 1.54) is 0 Å². The first-order valence-electron chi connectivity index (χ1n) is 7.10. The number of aromatic nitrogens is 2. The number of carbonyl (C=O) groups excluding carboxylic acids is 1. The minimum Gasteiger partial charge on any atom is -0.444 e. The Kier molecular flexibility index (Phi) is 5.37. The standard InChI is InChI=1S/C14H20ClIN4O2/c1-9-8-19(11-10(16)7-17-12(15)18-11)5-6-20(9)13(21)22-14(2,3)4/h7,9H,5-6,8H2,1-4H3/t9-/m1/s1. The average Bonchev–Trinajstić information content (AvgIpc) is 2.39. The first-order valence-corrected chi connectivity index (χ1v) is 8.55. The van der Waals surface area contributed by atoms with Crippen molar-refractivity contribution in [2.45, 2.75) is 39.3 Å². The van der Waals surface area contributed by atoms with E-state index < -0.39 is 5.60 Å². The van der Waals surface area contributed by atoms with E-state index in [0.717, 1.165) is 9.39 Å². The third kappa shape index (κ3) is 4.34. The third-order valence-corrected chi connectivity index (χ3v) is 4.19. The maximum atomic E-state index is 12.2. The number of halogens is 2. The Balaban J connectivity index is 2.06. The van der Waals surface area contributed by atoms with Gasteiger partial charge in [-0.2, -0.15) is 4.98 Å². The molecule has 0 aliphatic carbocycles. The Labute approximate surface area is 149 Å². The van der Waals surface area contributed by atoms with Crippen molar-refractivity contribution in [1.82, 2.24) is 14.9 Å². The molecule has 1 aromatic heterocycles. The van der Waals surface area contributed by atoms with Gasteiger partial charge in [0.2, 0.25) is 5.28 Å². The van der Waals surface area contributed by atoms with Crippen LogP contribution in [0.1, 0.15) is 27.7 Å². The molecule has 6 nitrogen and oxygen atoms in total. The van der Waals surface area contributed by atoms with Gasteiger partial charge in [-0.25, -0.2) is 9.78 Å². The highest BCUT2D eigenvalue weighted by Gasteiger charge is 2.31. The average molecular weight is 439 g/mol. The molecule has 1 aromatic rings. The van der Waals surface area contributed by atoms with Crippen LogP contribution in [-0.2, 0) is 4.74 Å². The molecule has 1 aliphatic heterocycles. The van der Waals surface area contributed by atoms with E-state index in [9.17, 15) is 4.79 Å². The number of anilines is 1. The van der Waals surface area contributed by atoms with Gasteiger partial charge in [-0.1, -0.05) is 0 Å². The van der Waals surface area contributed by atoms with Crippen molar-refractivity contribution in [3.05, 3.63) is 15.1 Å². The van der Waals surface area contributed by atoms with Crippen molar-refractivity contribution >= 4 is 46.1 Å². The van der Waals surface area contributed by atoms with E-state index in [0.29, 0.717) is 19.6 Å². The van der Waals surface area contributed by atoms with Crippen molar-refractivity contribution in [2.24, 2.45) is 0 Å². The Morgan fingerprint density at radius 1 is 1.45 bits per heavy atom. The molecule has 1 amide bonds. The predicted octanol–water partition coefficient (Wildman–Crippen LogP) is 3.18. The lowest BCUT2D eigenvalue weighted by atomic mass is 10.2. The summed E-state index contributed by atoms with van der Waals surface area (Å²) in [6, 6.07) is 0.0353. The fourth-order valence-corrected chi connectivity index (χ4v) is 3.03. The lowest BCUT2D eigenvalue weighted by Crippen LogP contribution is -2.55. The first-order chi connectivity index (χ1) is 10.2. The van der Waals surface area contributed by atoms with Gasteiger partial charge in [-0.3, -0.25) is 0 Å². The van der Waals surface area contributed by atoms with Crippen LogP contribution >= 0.6 is 34.2 Å². The third-order valence-electron chi connectivity index (χ3n) is 3.25. The van der Waals surface area contributed by atoms with E-state index in [1.54, 1.807) is 11.1 Å². The molecule has 2 heterocycles. The van der Waals surface area contributed by atoms with Gasteiger partial charge in [0.25, 0.3) is 0 Å². The van der Waals surface area contributed by atoms with Gasteiger partial charge < -0.3 is 14.5 Å². The molecule has 2 rings (SSSR count). The number of nitrogens with zero attached hydrogens (tertiary/aromatic N) is 4. The molecule has 0 saturated carbocycles. The highest BCUT2D eigenvalue weighted by atomic mass is 127. The fraction of sp³-hybridized carbons (Fsp3) is 0.643. The Morgan fingerprint density at radius 2 is 2.14 bits per heavy atom. The molecule has 0 bridgehead atoms. The highest BCUT2D eigenvalue weighted by Crippen LogP contribution is 2.24. The van der Waals surface area contributed by atoms with E-state index >= 15 is 0 Å². The van der Waals surface area contributed by atoms with Crippen molar-refractivity contribution < 1.29 is 9.53 Å². The molecule has 0 aromatic carbocycles. The molecule has 0 spiro atoms. The first kappa shape index (κ1) is 17.5. The maximum Gasteiger partial charge on any atom is 0.410 e. The van der Waals surface area contributed by atoms with Crippen LogP contribution in [0.4, 0.5) is 10.6 Å². The lowest BCUT2D eigenvalue weighted by Gasteiger charge is -2.40. The van der Waals surface area contributed by atoms with E-state index in [1.807, 2.05) is 27.7 Å². The fourth-order valence-electron chi connectivity index (χ4n) is 2.30. The second-order valence-corrected chi connectivity index (χ2v) is 7.78. The second-order valence-electron chi connectivity index (χ2n) is 6.28. The zero-order chi connectivity index (χ0) is 16.5. The zero-order valence-electron chi connectivity index (χ0n) is 13.1. The van der Waals surface area contributed by atoms with Gasteiger partial charge in [0.15, 0.2) is 0 Å². The number of carbonyl (C=O) groups is 1. The van der Waals surface area contributed by atoms with Crippen molar-refractivity contribution in [3.8, 4) is 0 Å². The predicted molar refractivity (Wildman–Crippen MR) is 94.4 cm³/mol. The topological polar surface area (TPSA) is 58.6 Å². The normalized spacial score (nSPS) is 19.3. The molecule has 1 atom stereocenters. The molecule has 122 valence electrons. The summed E-state index contributed by atoms with van der Waals surface area (Å²) >= 11 is 8.08. The minimum absolute atomic E-state index is 0.0353. The van der Waals surface area contributed by atoms with Gasteiger partial charge in [-0.15, -0.1) is 0 Å². The van der Waals surface area contributed by atoms with Crippen LogP contribution in [-0.4, -0.2) is 52.2 Å². The van der Waals surface area contributed by atoms with Crippen molar-refractivity contribution in [1.29, 1.82) is 0 Å². The Morgan fingerprint density at radius 3 is 2.73 bits per heavy atom. The minimum atomic E-state index is -0.483. The van der Waals surface area contributed by atoms with Gasteiger partial charge in [0, 0.05) is 31.9 Å². The summed E-state index contributed by atoms with van der Waals surface area (Å²) in [5.74, 6) is 0.816.